The Labute approximate surface area is 133 Å². The first kappa shape index (κ1) is 16.3. The van der Waals surface area contributed by atoms with E-state index in [9.17, 15) is 5.11 Å². The summed E-state index contributed by atoms with van der Waals surface area (Å²) in [5.41, 5.74) is 3.43. The van der Waals surface area contributed by atoms with Crippen LogP contribution in [-0.2, 0) is 0 Å². The second-order valence-electron chi connectivity index (χ2n) is 5.02. The number of aliphatic hydroxyl groups excluding tert-OH is 1. The molecule has 0 aliphatic rings. The van der Waals surface area contributed by atoms with Crippen LogP contribution in [-0.4, -0.2) is 33.8 Å². The van der Waals surface area contributed by atoms with Crippen molar-refractivity contribution in [1.82, 2.24) is 10.2 Å². The van der Waals surface area contributed by atoms with Crippen LogP contribution in [0.3, 0.4) is 0 Å². The summed E-state index contributed by atoms with van der Waals surface area (Å²) in [6, 6.07) is 4.13. The molecule has 0 aliphatic heterocycles. The number of benzene rings is 1. The summed E-state index contributed by atoms with van der Waals surface area (Å²) in [5, 5.41) is 19.0. The van der Waals surface area contributed by atoms with Crippen molar-refractivity contribution in [2.75, 3.05) is 12.4 Å². The molecule has 0 fully saturated rings. The van der Waals surface area contributed by atoms with Gasteiger partial charge in [0.1, 0.15) is 17.4 Å². The maximum absolute atomic E-state index is 10.0. The first-order valence-electron chi connectivity index (χ1n) is 6.78. The highest BCUT2D eigenvalue weighted by Gasteiger charge is 2.12. The van der Waals surface area contributed by atoms with E-state index in [2.05, 4.69) is 23.2 Å². The molecular formula is C15H20N2O2S2. The van der Waals surface area contributed by atoms with Crippen LogP contribution in [0.5, 0.6) is 5.75 Å². The molecule has 0 spiro atoms. The quantitative estimate of drug-likeness (QED) is 0.826. The van der Waals surface area contributed by atoms with Crippen LogP contribution in [0.25, 0.3) is 0 Å². The second-order valence-corrected chi connectivity index (χ2v) is 7.47. The zero-order valence-corrected chi connectivity index (χ0v) is 14.3. The molecule has 0 bridgehead atoms. The van der Waals surface area contributed by atoms with E-state index in [1.807, 2.05) is 26.8 Å². The third-order valence-electron chi connectivity index (χ3n) is 3.20. The van der Waals surface area contributed by atoms with E-state index in [1.54, 1.807) is 0 Å². The monoisotopic (exact) mass is 324 g/mol. The standard InChI is InChI=1S/C15H20N2O2S2/c1-9-5-6-10(2)14(11(9)3)19-7-13(18)8-20-15-17-16-12(4)21-15/h5-6,13,18H,7-8H2,1-4H3. The van der Waals surface area contributed by atoms with Gasteiger partial charge in [-0.25, -0.2) is 0 Å². The Kier molecular flexibility index (Phi) is 5.61. The molecule has 0 amide bonds. The van der Waals surface area contributed by atoms with E-state index >= 15 is 0 Å². The highest BCUT2D eigenvalue weighted by molar-refractivity contribution is 8.01. The smallest absolute Gasteiger partial charge is 0.174 e. The minimum atomic E-state index is -0.529. The Balaban J connectivity index is 1.86. The third kappa shape index (κ3) is 4.43. The second kappa shape index (κ2) is 7.24. The zero-order chi connectivity index (χ0) is 15.4. The van der Waals surface area contributed by atoms with E-state index in [4.69, 9.17) is 4.74 Å². The fourth-order valence-electron chi connectivity index (χ4n) is 1.88. The van der Waals surface area contributed by atoms with E-state index < -0.39 is 6.10 Å². The minimum Gasteiger partial charge on any atom is -0.490 e. The first-order chi connectivity index (χ1) is 9.97. The average molecular weight is 324 g/mol. The molecule has 1 atom stereocenters. The first-order valence-corrected chi connectivity index (χ1v) is 8.58. The van der Waals surface area contributed by atoms with Gasteiger partial charge in [0, 0.05) is 5.75 Å². The van der Waals surface area contributed by atoms with Gasteiger partial charge >= 0.3 is 0 Å². The molecule has 2 aromatic rings. The Morgan fingerprint density at radius 3 is 2.57 bits per heavy atom. The van der Waals surface area contributed by atoms with E-state index in [-0.39, 0.29) is 6.61 Å². The van der Waals surface area contributed by atoms with Crippen molar-refractivity contribution in [3.63, 3.8) is 0 Å². The third-order valence-corrected chi connectivity index (χ3v) is 5.32. The molecule has 0 saturated carbocycles. The number of hydrogen-bond acceptors (Lipinski definition) is 6. The lowest BCUT2D eigenvalue weighted by Gasteiger charge is -2.16. The molecule has 2 rings (SSSR count). The molecule has 0 radical (unpaired) electrons. The number of thioether (sulfide) groups is 1. The number of ether oxygens (including phenoxy) is 1. The average Bonchev–Trinajstić information content (AvgIpc) is 2.86. The van der Waals surface area contributed by atoms with Crippen molar-refractivity contribution in [2.24, 2.45) is 0 Å². The van der Waals surface area contributed by atoms with Crippen molar-refractivity contribution in [2.45, 2.75) is 38.1 Å². The summed E-state index contributed by atoms with van der Waals surface area (Å²) in [4.78, 5) is 0. The fraction of sp³-hybridized carbons (Fsp3) is 0.467. The van der Waals surface area contributed by atoms with Gasteiger partial charge in [-0.15, -0.1) is 10.2 Å². The SMILES string of the molecule is Cc1nnc(SCC(O)COc2c(C)ccc(C)c2C)s1. The van der Waals surface area contributed by atoms with Crippen LogP contribution in [0.15, 0.2) is 16.5 Å². The topological polar surface area (TPSA) is 55.2 Å². The van der Waals surface area contributed by atoms with Gasteiger partial charge in [-0.05, 0) is 44.4 Å². The van der Waals surface area contributed by atoms with Crippen molar-refractivity contribution in [3.05, 3.63) is 33.8 Å². The predicted molar refractivity (Wildman–Crippen MR) is 87.5 cm³/mol. The highest BCUT2D eigenvalue weighted by atomic mass is 32.2. The molecule has 1 aromatic heterocycles. The van der Waals surface area contributed by atoms with E-state index in [0.29, 0.717) is 5.75 Å². The fourth-order valence-corrected chi connectivity index (χ4v) is 3.63. The maximum Gasteiger partial charge on any atom is 0.174 e. The molecule has 0 aliphatic carbocycles. The lowest BCUT2D eigenvalue weighted by Crippen LogP contribution is -2.20. The van der Waals surface area contributed by atoms with Crippen LogP contribution in [0.4, 0.5) is 0 Å². The maximum atomic E-state index is 10.0. The summed E-state index contributed by atoms with van der Waals surface area (Å²) in [7, 11) is 0. The normalized spacial score (nSPS) is 12.4. The van der Waals surface area contributed by atoms with Gasteiger partial charge < -0.3 is 9.84 Å². The number of aliphatic hydroxyl groups is 1. The lowest BCUT2D eigenvalue weighted by molar-refractivity contribution is 0.125. The molecule has 1 aromatic carbocycles. The Hall–Kier alpha value is -1.11. The van der Waals surface area contributed by atoms with Crippen molar-refractivity contribution in [1.29, 1.82) is 0 Å². The lowest BCUT2D eigenvalue weighted by atomic mass is 10.1. The Morgan fingerprint density at radius 1 is 1.19 bits per heavy atom. The van der Waals surface area contributed by atoms with Gasteiger partial charge in [0.15, 0.2) is 4.34 Å². The molecule has 1 N–H and O–H groups in total. The summed E-state index contributed by atoms with van der Waals surface area (Å²) in [6.07, 6.45) is -0.529. The van der Waals surface area contributed by atoms with Crippen LogP contribution >= 0.6 is 23.1 Å². The Morgan fingerprint density at radius 2 is 1.90 bits per heavy atom. The van der Waals surface area contributed by atoms with E-state index in [0.717, 1.165) is 26.2 Å². The summed E-state index contributed by atoms with van der Waals surface area (Å²) >= 11 is 3.05. The molecule has 6 heteroatoms. The molecule has 21 heavy (non-hydrogen) atoms. The molecule has 1 unspecified atom stereocenters. The molecular weight excluding hydrogens is 304 g/mol. The van der Waals surface area contributed by atoms with Gasteiger partial charge in [-0.3, -0.25) is 0 Å². The number of nitrogens with zero attached hydrogens (tertiary/aromatic N) is 2. The van der Waals surface area contributed by atoms with Gasteiger partial charge in [0.2, 0.25) is 0 Å². The number of aromatic nitrogens is 2. The molecule has 4 nitrogen and oxygen atoms in total. The van der Waals surface area contributed by atoms with Gasteiger partial charge in [0.05, 0.1) is 6.10 Å². The number of hydrogen-bond donors (Lipinski definition) is 1. The summed E-state index contributed by atoms with van der Waals surface area (Å²) < 4.78 is 6.69. The van der Waals surface area contributed by atoms with Crippen LogP contribution in [0.2, 0.25) is 0 Å². The minimum absolute atomic E-state index is 0.288. The zero-order valence-electron chi connectivity index (χ0n) is 12.7. The van der Waals surface area contributed by atoms with Crippen molar-refractivity contribution < 1.29 is 9.84 Å². The van der Waals surface area contributed by atoms with Crippen molar-refractivity contribution >= 4 is 23.1 Å². The molecule has 1 heterocycles. The van der Waals surface area contributed by atoms with Crippen molar-refractivity contribution in [3.8, 4) is 5.75 Å². The van der Waals surface area contributed by atoms with Gasteiger partial charge in [0.25, 0.3) is 0 Å². The number of aryl methyl sites for hydroxylation is 3. The molecule has 114 valence electrons. The summed E-state index contributed by atoms with van der Waals surface area (Å²) in [6.45, 7) is 8.34. The van der Waals surface area contributed by atoms with Gasteiger partial charge in [-0.1, -0.05) is 35.2 Å². The van der Waals surface area contributed by atoms with Crippen LogP contribution in [0.1, 0.15) is 21.7 Å². The summed E-state index contributed by atoms with van der Waals surface area (Å²) in [5.74, 6) is 1.43. The van der Waals surface area contributed by atoms with Gasteiger partial charge in [-0.2, -0.15) is 0 Å². The predicted octanol–water partition coefficient (Wildman–Crippen LogP) is 3.30. The van der Waals surface area contributed by atoms with Crippen LogP contribution < -0.4 is 4.74 Å². The largest absolute Gasteiger partial charge is 0.490 e. The van der Waals surface area contributed by atoms with Crippen LogP contribution in [0, 0.1) is 27.7 Å². The number of rotatable bonds is 6. The highest BCUT2D eigenvalue weighted by Crippen LogP contribution is 2.26. The van der Waals surface area contributed by atoms with E-state index in [1.165, 1.54) is 28.7 Å². The molecule has 0 saturated heterocycles. The Bertz CT molecular complexity index is 614.